The van der Waals surface area contributed by atoms with Crippen LogP contribution in [0.1, 0.15) is 61.8 Å². The lowest BCUT2D eigenvalue weighted by Gasteiger charge is -2.15. The molecule has 0 radical (unpaired) electrons. The van der Waals surface area contributed by atoms with Crippen LogP contribution in [0.4, 0.5) is 0 Å². The van der Waals surface area contributed by atoms with Crippen LogP contribution in [0.15, 0.2) is 149 Å². The minimum atomic E-state index is -0.184. The first-order valence-electron chi connectivity index (χ1n) is 15.5. The monoisotopic (exact) mass is 573 g/mol. The molecule has 6 rings (SSSR count). The Morgan fingerprint density at radius 3 is 1.80 bits per heavy atom. The molecule has 5 aromatic carbocycles. The third kappa shape index (κ3) is 6.69. The highest BCUT2D eigenvalue weighted by Gasteiger charge is 2.24. The molecule has 0 fully saturated rings. The van der Waals surface area contributed by atoms with Gasteiger partial charge in [-0.2, -0.15) is 10.2 Å². The minimum absolute atomic E-state index is 0.135. The highest BCUT2D eigenvalue weighted by atomic mass is 15.4. The summed E-state index contributed by atoms with van der Waals surface area (Å²) in [6, 6.07) is 43.6. The van der Waals surface area contributed by atoms with E-state index in [9.17, 15) is 0 Å². The molecular weight excluding hydrogens is 534 g/mol. The average Bonchev–Trinajstić information content (AvgIpc) is 3.56. The van der Waals surface area contributed by atoms with Gasteiger partial charge >= 0.3 is 0 Å². The zero-order valence-electron chi connectivity index (χ0n) is 26.0. The molecular formula is C41H39N3. The van der Waals surface area contributed by atoms with Crippen LogP contribution < -0.4 is 5.32 Å². The van der Waals surface area contributed by atoms with Crippen molar-refractivity contribution in [2.75, 3.05) is 0 Å². The number of rotatable bonds is 8. The van der Waals surface area contributed by atoms with Crippen molar-refractivity contribution in [1.82, 2.24) is 5.32 Å². The third-order valence-corrected chi connectivity index (χ3v) is 7.97. The van der Waals surface area contributed by atoms with Crippen molar-refractivity contribution in [3.63, 3.8) is 0 Å². The third-order valence-electron chi connectivity index (χ3n) is 7.97. The van der Waals surface area contributed by atoms with Gasteiger partial charge in [-0.3, -0.25) is 5.32 Å². The van der Waals surface area contributed by atoms with Gasteiger partial charge < -0.3 is 0 Å². The maximum absolute atomic E-state index is 4.62. The Morgan fingerprint density at radius 2 is 1.18 bits per heavy atom. The Kier molecular flexibility index (Phi) is 8.76. The summed E-state index contributed by atoms with van der Waals surface area (Å²) >= 11 is 0. The summed E-state index contributed by atoms with van der Waals surface area (Å²) in [6.07, 6.45) is 5.25. The first-order valence-corrected chi connectivity index (χ1v) is 15.5. The van der Waals surface area contributed by atoms with E-state index in [2.05, 4.69) is 177 Å². The van der Waals surface area contributed by atoms with Gasteiger partial charge in [-0.05, 0) is 107 Å². The molecule has 0 saturated carbocycles. The summed E-state index contributed by atoms with van der Waals surface area (Å²) in [4.78, 5) is 0. The molecule has 0 bridgehead atoms. The summed E-state index contributed by atoms with van der Waals surface area (Å²) < 4.78 is 0. The van der Waals surface area contributed by atoms with Crippen LogP contribution in [0.5, 0.6) is 0 Å². The van der Waals surface area contributed by atoms with Gasteiger partial charge in [0, 0.05) is 0 Å². The van der Waals surface area contributed by atoms with Gasteiger partial charge in [0.05, 0.1) is 0 Å². The molecule has 5 aromatic rings. The van der Waals surface area contributed by atoms with Crippen LogP contribution >= 0.6 is 0 Å². The van der Waals surface area contributed by atoms with Gasteiger partial charge in [-0.25, -0.2) is 0 Å². The van der Waals surface area contributed by atoms with E-state index in [1.165, 1.54) is 50.1 Å². The number of hydrogen-bond donors (Lipinski definition) is 1. The van der Waals surface area contributed by atoms with Crippen molar-refractivity contribution in [2.45, 2.75) is 46.4 Å². The largest absolute Gasteiger partial charge is 0.263 e. The van der Waals surface area contributed by atoms with E-state index >= 15 is 0 Å². The number of allylic oxidation sites excluding steroid dienone is 4. The molecule has 0 aliphatic carbocycles. The normalized spacial score (nSPS) is 16.2. The Balaban J connectivity index is 1.35. The molecule has 3 heteroatoms. The number of hydrogen-bond acceptors (Lipinski definition) is 3. The molecule has 1 heterocycles. The highest BCUT2D eigenvalue weighted by molar-refractivity contribution is 5.82. The smallest absolute Gasteiger partial charge is 0.148 e. The van der Waals surface area contributed by atoms with Gasteiger partial charge in [-0.15, -0.1) is 0 Å². The summed E-state index contributed by atoms with van der Waals surface area (Å²) in [6.45, 7) is 8.59. The molecule has 1 aliphatic heterocycles. The first-order chi connectivity index (χ1) is 21.5. The molecule has 0 saturated heterocycles. The Bertz CT molecular complexity index is 1840. The van der Waals surface area contributed by atoms with Crippen molar-refractivity contribution in [3.05, 3.63) is 161 Å². The van der Waals surface area contributed by atoms with Crippen molar-refractivity contribution >= 4 is 5.57 Å². The Labute approximate surface area is 261 Å². The lowest BCUT2D eigenvalue weighted by molar-refractivity contribution is 0.551. The topological polar surface area (TPSA) is 36.8 Å². The van der Waals surface area contributed by atoms with E-state index in [0.717, 1.165) is 23.1 Å². The Morgan fingerprint density at radius 1 is 0.614 bits per heavy atom. The van der Waals surface area contributed by atoms with Gasteiger partial charge in [0.25, 0.3) is 0 Å². The van der Waals surface area contributed by atoms with Crippen LogP contribution in [-0.2, 0) is 0 Å². The predicted molar refractivity (Wildman–Crippen MR) is 185 cm³/mol. The highest BCUT2D eigenvalue weighted by Crippen LogP contribution is 2.36. The van der Waals surface area contributed by atoms with Crippen molar-refractivity contribution in [1.29, 1.82) is 0 Å². The number of azo groups is 1. The van der Waals surface area contributed by atoms with Crippen molar-refractivity contribution in [2.24, 2.45) is 10.2 Å². The minimum Gasteiger partial charge on any atom is -0.263 e. The summed E-state index contributed by atoms with van der Waals surface area (Å²) in [5.74, 6) is 0. The van der Waals surface area contributed by atoms with Crippen LogP contribution in [-0.4, -0.2) is 0 Å². The number of nitrogens with zero attached hydrogens (tertiary/aromatic N) is 2. The summed E-state index contributed by atoms with van der Waals surface area (Å²) in [5, 5.41) is 12.8. The SMILES string of the molecule is CC/C=C(\C=C(C)C)c1ccc(-c2cc(-c3ccccc3)cc(-c3cccc(C4N=NC(c5cccc(C)c5)N4)c3)c2)cc1. The van der Waals surface area contributed by atoms with E-state index in [0.29, 0.717) is 0 Å². The zero-order valence-corrected chi connectivity index (χ0v) is 26.0. The molecule has 0 spiro atoms. The van der Waals surface area contributed by atoms with E-state index in [-0.39, 0.29) is 12.3 Å². The zero-order chi connectivity index (χ0) is 30.5. The van der Waals surface area contributed by atoms with Gasteiger partial charge in [0.15, 0.2) is 0 Å². The molecule has 1 aliphatic rings. The second-order valence-corrected chi connectivity index (χ2v) is 11.8. The van der Waals surface area contributed by atoms with Gasteiger partial charge in [-0.1, -0.05) is 127 Å². The van der Waals surface area contributed by atoms with Gasteiger partial charge in [0.2, 0.25) is 0 Å². The molecule has 218 valence electrons. The number of nitrogens with one attached hydrogen (secondary N) is 1. The van der Waals surface area contributed by atoms with E-state index in [4.69, 9.17) is 0 Å². The predicted octanol–water partition coefficient (Wildman–Crippen LogP) is 11.5. The number of aryl methyl sites for hydroxylation is 1. The van der Waals surface area contributed by atoms with E-state index in [1.54, 1.807) is 0 Å². The van der Waals surface area contributed by atoms with E-state index < -0.39 is 0 Å². The lowest BCUT2D eigenvalue weighted by atomic mass is 9.92. The van der Waals surface area contributed by atoms with Crippen LogP contribution in [0.25, 0.3) is 39.0 Å². The maximum atomic E-state index is 4.62. The van der Waals surface area contributed by atoms with Crippen LogP contribution in [0.3, 0.4) is 0 Å². The van der Waals surface area contributed by atoms with Crippen LogP contribution in [0.2, 0.25) is 0 Å². The van der Waals surface area contributed by atoms with E-state index in [1.807, 2.05) is 0 Å². The second kappa shape index (κ2) is 13.2. The molecule has 1 N–H and O–H groups in total. The standard InChI is InChI=1S/C41H39N3/c1-5-11-33(22-28(2)3)31-18-20-32(21-19-31)38-25-37(30-13-7-6-8-14-30)26-39(27-38)34-15-10-17-36(24-34)41-42-40(43-44-41)35-16-9-12-29(4)23-35/h6-27,40-42H,5H2,1-4H3/b33-11+. The maximum Gasteiger partial charge on any atom is 0.148 e. The average molecular weight is 574 g/mol. The molecule has 2 atom stereocenters. The molecule has 3 nitrogen and oxygen atoms in total. The first kappa shape index (κ1) is 29.2. The summed E-state index contributed by atoms with van der Waals surface area (Å²) in [7, 11) is 0. The van der Waals surface area contributed by atoms with Crippen molar-refractivity contribution < 1.29 is 0 Å². The Hall–Kier alpha value is -4.86. The second-order valence-electron chi connectivity index (χ2n) is 11.8. The number of benzene rings is 5. The fourth-order valence-electron chi connectivity index (χ4n) is 5.81. The fourth-order valence-corrected chi connectivity index (χ4v) is 5.81. The molecule has 0 amide bonds. The van der Waals surface area contributed by atoms with Crippen LogP contribution in [0, 0.1) is 6.92 Å². The quantitative estimate of drug-likeness (QED) is 0.184. The molecule has 2 unspecified atom stereocenters. The summed E-state index contributed by atoms with van der Waals surface area (Å²) in [5.41, 5.74) is 14.4. The fraction of sp³-hybridized carbons (Fsp3) is 0.171. The lowest BCUT2D eigenvalue weighted by Crippen LogP contribution is -2.18. The van der Waals surface area contributed by atoms with Gasteiger partial charge in [0.1, 0.15) is 12.3 Å². The molecule has 0 aromatic heterocycles. The van der Waals surface area contributed by atoms with Crippen molar-refractivity contribution in [3.8, 4) is 33.4 Å². The molecule has 44 heavy (non-hydrogen) atoms.